The number of nitrogens with one attached hydrogen (secondary N) is 2. The Hall–Kier alpha value is -2.13. The van der Waals surface area contributed by atoms with Crippen LogP contribution in [0.15, 0.2) is 24.3 Å². The summed E-state index contributed by atoms with van der Waals surface area (Å²) in [5, 5.41) is 6.32. The first-order chi connectivity index (χ1) is 9.90. The number of benzene rings is 1. The lowest BCUT2D eigenvalue weighted by atomic mass is 10.2. The largest absolute Gasteiger partial charge is 0.497 e. The van der Waals surface area contributed by atoms with E-state index >= 15 is 0 Å². The van der Waals surface area contributed by atoms with E-state index in [1.54, 1.807) is 32.2 Å². The van der Waals surface area contributed by atoms with Crippen LogP contribution in [0.1, 0.15) is 11.4 Å². The summed E-state index contributed by atoms with van der Waals surface area (Å²) in [6.45, 7) is 1.89. The van der Waals surface area contributed by atoms with Crippen molar-refractivity contribution in [3.8, 4) is 5.75 Å². The molecule has 8 nitrogen and oxygen atoms in total. The number of ether oxygens (including phenoxy) is 1. The van der Waals surface area contributed by atoms with Crippen LogP contribution in [0.3, 0.4) is 0 Å². The molecule has 21 heavy (non-hydrogen) atoms. The first kappa shape index (κ1) is 15.3. The summed E-state index contributed by atoms with van der Waals surface area (Å²) in [4.78, 5) is 3.91. The van der Waals surface area contributed by atoms with Crippen LogP contribution in [0.25, 0.3) is 0 Å². The van der Waals surface area contributed by atoms with E-state index in [9.17, 15) is 8.42 Å². The van der Waals surface area contributed by atoms with Gasteiger partial charge in [-0.3, -0.25) is 5.10 Å². The Labute approximate surface area is 123 Å². The molecule has 9 heteroatoms. The lowest BCUT2D eigenvalue weighted by Crippen LogP contribution is -2.32. The van der Waals surface area contributed by atoms with E-state index < -0.39 is 10.2 Å². The molecule has 1 aromatic heterocycles. The highest BCUT2D eigenvalue weighted by Crippen LogP contribution is 2.15. The molecule has 0 saturated carbocycles. The molecule has 0 unspecified atom stereocenters. The van der Waals surface area contributed by atoms with Gasteiger partial charge in [-0.2, -0.15) is 17.7 Å². The Balaban J connectivity index is 2.09. The SMILES string of the molecule is COc1cccc(CN(C)S(=O)(=O)Nc2n[nH]c(C)n2)c1. The first-order valence-corrected chi connectivity index (χ1v) is 7.61. The Morgan fingerprint density at radius 2 is 2.19 bits per heavy atom. The van der Waals surface area contributed by atoms with Crippen molar-refractivity contribution in [2.24, 2.45) is 0 Å². The van der Waals surface area contributed by atoms with E-state index in [0.717, 1.165) is 5.56 Å². The summed E-state index contributed by atoms with van der Waals surface area (Å²) in [7, 11) is -0.685. The monoisotopic (exact) mass is 311 g/mol. The number of nitrogens with zero attached hydrogens (tertiary/aromatic N) is 3. The van der Waals surface area contributed by atoms with Crippen LogP contribution in [0, 0.1) is 6.92 Å². The first-order valence-electron chi connectivity index (χ1n) is 6.17. The lowest BCUT2D eigenvalue weighted by Gasteiger charge is -2.17. The Kier molecular flexibility index (Phi) is 4.43. The molecule has 114 valence electrons. The third-order valence-corrected chi connectivity index (χ3v) is 4.16. The van der Waals surface area contributed by atoms with E-state index in [4.69, 9.17) is 4.74 Å². The minimum absolute atomic E-state index is 0.0185. The smallest absolute Gasteiger partial charge is 0.304 e. The number of aromatic nitrogens is 3. The fourth-order valence-corrected chi connectivity index (χ4v) is 2.49. The Morgan fingerprint density at radius 3 is 2.81 bits per heavy atom. The quantitative estimate of drug-likeness (QED) is 0.826. The standard InChI is InChI=1S/C12H17N5O3S/c1-9-13-12(15-14-9)16-21(18,19)17(2)8-10-5-4-6-11(7-10)20-3/h4-7H,8H2,1-3H3,(H2,13,14,15,16). The van der Waals surface area contributed by atoms with Crippen LogP contribution < -0.4 is 9.46 Å². The lowest BCUT2D eigenvalue weighted by molar-refractivity contribution is 0.412. The summed E-state index contributed by atoms with van der Waals surface area (Å²) < 4.78 is 32.9. The van der Waals surface area contributed by atoms with Crippen molar-refractivity contribution < 1.29 is 13.2 Å². The molecule has 0 fully saturated rings. The second kappa shape index (κ2) is 6.10. The van der Waals surface area contributed by atoms with Crippen LogP contribution in [0.4, 0.5) is 5.95 Å². The van der Waals surface area contributed by atoms with Crippen molar-refractivity contribution in [1.29, 1.82) is 0 Å². The normalized spacial score (nSPS) is 11.6. The summed E-state index contributed by atoms with van der Waals surface area (Å²) >= 11 is 0. The molecule has 0 aliphatic carbocycles. The maximum atomic E-state index is 12.2. The van der Waals surface area contributed by atoms with E-state index in [2.05, 4.69) is 19.9 Å². The van der Waals surface area contributed by atoms with Gasteiger partial charge in [0.15, 0.2) is 0 Å². The van der Waals surface area contributed by atoms with Gasteiger partial charge in [0.2, 0.25) is 0 Å². The molecule has 2 aromatic rings. The van der Waals surface area contributed by atoms with Gasteiger partial charge < -0.3 is 4.74 Å². The van der Waals surface area contributed by atoms with Crippen LogP contribution in [0.5, 0.6) is 5.75 Å². The topological polar surface area (TPSA) is 100 Å². The Morgan fingerprint density at radius 1 is 1.43 bits per heavy atom. The molecule has 0 saturated heterocycles. The molecule has 0 radical (unpaired) electrons. The number of H-pyrrole nitrogens is 1. The van der Waals surface area contributed by atoms with Gasteiger partial charge in [-0.15, -0.1) is 5.10 Å². The van der Waals surface area contributed by atoms with E-state index in [0.29, 0.717) is 11.6 Å². The zero-order valence-electron chi connectivity index (χ0n) is 12.0. The van der Waals surface area contributed by atoms with Gasteiger partial charge >= 0.3 is 10.2 Å². The summed E-state index contributed by atoms with van der Waals surface area (Å²) in [6, 6.07) is 7.21. The fourth-order valence-electron chi connectivity index (χ4n) is 1.69. The number of methoxy groups -OCH3 is 1. The van der Waals surface area contributed by atoms with Gasteiger partial charge in [-0.05, 0) is 24.6 Å². The highest BCUT2D eigenvalue weighted by atomic mass is 32.2. The van der Waals surface area contributed by atoms with Crippen molar-refractivity contribution in [3.05, 3.63) is 35.7 Å². The predicted octanol–water partition coefficient (Wildman–Crippen LogP) is 0.910. The molecule has 0 atom stereocenters. The Bertz CT molecular complexity index is 713. The van der Waals surface area contributed by atoms with E-state index in [1.165, 1.54) is 11.4 Å². The molecule has 1 heterocycles. The maximum Gasteiger partial charge on any atom is 0.304 e. The molecule has 0 aliphatic heterocycles. The van der Waals surface area contributed by atoms with Crippen LogP contribution in [0.2, 0.25) is 0 Å². The van der Waals surface area contributed by atoms with Crippen molar-refractivity contribution >= 4 is 16.2 Å². The van der Waals surface area contributed by atoms with E-state index in [-0.39, 0.29) is 12.5 Å². The summed E-state index contributed by atoms with van der Waals surface area (Å²) in [5.74, 6) is 1.23. The zero-order chi connectivity index (χ0) is 15.5. The van der Waals surface area contributed by atoms with Crippen molar-refractivity contribution in [3.63, 3.8) is 0 Å². The predicted molar refractivity (Wildman–Crippen MR) is 78.1 cm³/mol. The van der Waals surface area contributed by atoms with Gasteiger partial charge in [0, 0.05) is 13.6 Å². The van der Waals surface area contributed by atoms with Crippen molar-refractivity contribution in [2.45, 2.75) is 13.5 Å². The molecular formula is C12H17N5O3S. The molecule has 0 bridgehead atoms. The fraction of sp³-hybridized carbons (Fsp3) is 0.333. The second-order valence-corrected chi connectivity index (χ2v) is 6.24. The molecule has 1 aromatic carbocycles. The number of hydrogen-bond acceptors (Lipinski definition) is 5. The second-order valence-electron chi connectivity index (χ2n) is 4.46. The maximum absolute atomic E-state index is 12.2. The average molecular weight is 311 g/mol. The van der Waals surface area contributed by atoms with Crippen LogP contribution >= 0.6 is 0 Å². The summed E-state index contributed by atoms with van der Waals surface area (Å²) in [6.07, 6.45) is 0. The van der Waals surface area contributed by atoms with Gasteiger partial charge in [-0.25, -0.2) is 4.72 Å². The molecule has 0 spiro atoms. The molecule has 0 aliphatic rings. The van der Waals surface area contributed by atoms with Gasteiger partial charge in [-0.1, -0.05) is 12.1 Å². The van der Waals surface area contributed by atoms with Gasteiger partial charge in [0.25, 0.3) is 5.95 Å². The van der Waals surface area contributed by atoms with Crippen molar-refractivity contribution in [2.75, 3.05) is 18.9 Å². The number of aromatic amines is 1. The summed E-state index contributed by atoms with van der Waals surface area (Å²) in [5.41, 5.74) is 0.813. The average Bonchev–Trinajstić information content (AvgIpc) is 2.83. The number of hydrogen-bond donors (Lipinski definition) is 2. The number of aryl methyl sites for hydroxylation is 1. The minimum Gasteiger partial charge on any atom is -0.497 e. The highest BCUT2D eigenvalue weighted by molar-refractivity contribution is 7.90. The minimum atomic E-state index is -3.72. The van der Waals surface area contributed by atoms with Crippen molar-refractivity contribution in [1.82, 2.24) is 19.5 Å². The van der Waals surface area contributed by atoms with Gasteiger partial charge in [0.1, 0.15) is 11.6 Å². The molecule has 2 N–H and O–H groups in total. The van der Waals surface area contributed by atoms with Crippen LogP contribution in [-0.4, -0.2) is 42.1 Å². The van der Waals surface area contributed by atoms with E-state index in [1.807, 2.05) is 6.07 Å². The number of rotatable bonds is 6. The third-order valence-electron chi connectivity index (χ3n) is 2.77. The van der Waals surface area contributed by atoms with Gasteiger partial charge in [0.05, 0.1) is 7.11 Å². The molecule has 2 rings (SSSR count). The number of anilines is 1. The molecular weight excluding hydrogens is 294 g/mol. The van der Waals surface area contributed by atoms with Crippen LogP contribution in [-0.2, 0) is 16.8 Å². The highest BCUT2D eigenvalue weighted by Gasteiger charge is 2.19. The third kappa shape index (κ3) is 3.92. The molecule has 0 amide bonds. The zero-order valence-corrected chi connectivity index (χ0v) is 12.8.